The summed E-state index contributed by atoms with van der Waals surface area (Å²) in [7, 11) is 1.78. The van der Waals surface area contributed by atoms with Crippen molar-refractivity contribution in [2.24, 2.45) is 0 Å². The molecule has 2 N–H and O–H groups in total. The van der Waals surface area contributed by atoms with E-state index in [9.17, 15) is 4.79 Å². The van der Waals surface area contributed by atoms with Crippen molar-refractivity contribution in [2.45, 2.75) is 23.0 Å². The van der Waals surface area contributed by atoms with Crippen LogP contribution in [0.15, 0.2) is 40.5 Å². The number of nitrogens with one attached hydrogen (secondary N) is 2. The van der Waals surface area contributed by atoms with E-state index in [1.807, 2.05) is 31.2 Å². The second kappa shape index (κ2) is 5.22. The fraction of sp³-hybridized carbons (Fsp3) is 0.214. The van der Waals surface area contributed by atoms with Gasteiger partial charge < -0.3 is 10.6 Å². The largest absolute Gasteiger partial charge is 0.324 e. The van der Waals surface area contributed by atoms with Crippen LogP contribution in [0.1, 0.15) is 17.3 Å². The van der Waals surface area contributed by atoms with E-state index < -0.39 is 0 Å². The summed E-state index contributed by atoms with van der Waals surface area (Å²) in [5.74, 6) is -0.0172. The summed E-state index contributed by atoms with van der Waals surface area (Å²) >= 11 is 1.48. The molecule has 1 aliphatic rings. The van der Waals surface area contributed by atoms with Crippen molar-refractivity contribution >= 4 is 23.4 Å². The molecule has 1 unspecified atom stereocenters. The van der Waals surface area contributed by atoms with Crippen LogP contribution in [0.25, 0.3) is 0 Å². The number of benzene rings is 1. The van der Waals surface area contributed by atoms with Crippen LogP contribution in [0.2, 0.25) is 0 Å². The van der Waals surface area contributed by atoms with Crippen molar-refractivity contribution < 1.29 is 4.79 Å². The summed E-state index contributed by atoms with van der Waals surface area (Å²) in [6.45, 7) is 1.94. The quantitative estimate of drug-likeness (QED) is 0.846. The van der Waals surface area contributed by atoms with Gasteiger partial charge in [-0.1, -0.05) is 6.07 Å². The lowest BCUT2D eigenvalue weighted by molar-refractivity contribution is -0.117. The normalized spacial score (nSPS) is 16.9. The molecule has 0 saturated heterocycles. The molecule has 0 bridgehead atoms. The number of fused-ring (bicyclic) bond motifs is 1. The number of carbonyl (C=O) groups excluding carboxylic acids is 1. The van der Waals surface area contributed by atoms with E-state index in [1.165, 1.54) is 11.8 Å². The predicted octanol–water partition coefficient (Wildman–Crippen LogP) is 2.15. The number of carbonyl (C=O) groups is 1. The summed E-state index contributed by atoms with van der Waals surface area (Å²) in [4.78, 5) is 21.4. The molecular weight excluding hydrogens is 272 g/mol. The third-order valence-electron chi connectivity index (χ3n) is 3.13. The number of hydrogen-bond donors (Lipinski definition) is 2. The Hall–Kier alpha value is -1.92. The lowest BCUT2D eigenvalue weighted by Gasteiger charge is -2.07. The summed E-state index contributed by atoms with van der Waals surface area (Å²) in [5, 5.41) is 6.59. The summed E-state index contributed by atoms with van der Waals surface area (Å²) < 4.78 is 0. The molecule has 5 nitrogen and oxygen atoms in total. The number of rotatable bonds is 3. The van der Waals surface area contributed by atoms with E-state index in [1.54, 1.807) is 13.2 Å². The Morgan fingerprint density at radius 1 is 1.35 bits per heavy atom. The zero-order valence-electron chi connectivity index (χ0n) is 11.2. The van der Waals surface area contributed by atoms with Gasteiger partial charge in [-0.15, -0.1) is 0 Å². The van der Waals surface area contributed by atoms with Gasteiger partial charge in [0.2, 0.25) is 5.91 Å². The Kier molecular flexibility index (Phi) is 3.42. The average molecular weight is 286 g/mol. The molecule has 1 aromatic carbocycles. The van der Waals surface area contributed by atoms with E-state index >= 15 is 0 Å². The average Bonchev–Trinajstić information content (AvgIpc) is 2.73. The first-order chi connectivity index (χ1) is 9.67. The molecule has 0 spiro atoms. The Morgan fingerprint density at radius 3 is 2.95 bits per heavy atom. The molecule has 1 aromatic heterocycles. The summed E-state index contributed by atoms with van der Waals surface area (Å²) in [6, 6.07) is 7.51. The van der Waals surface area contributed by atoms with E-state index in [4.69, 9.17) is 0 Å². The second-order valence-corrected chi connectivity index (χ2v) is 5.58. The highest BCUT2D eigenvalue weighted by Crippen LogP contribution is 2.35. The molecule has 0 radical (unpaired) electrons. The lowest BCUT2D eigenvalue weighted by Crippen LogP contribution is -2.23. The van der Waals surface area contributed by atoms with Crippen LogP contribution in [-0.4, -0.2) is 22.9 Å². The molecule has 20 heavy (non-hydrogen) atoms. The van der Waals surface area contributed by atoms with Crippen LogP contribution in [0.4, 0.5) is 5.69 Å². The zero-order valence-corrected chi connectivity index (χ0v) is 12.0. The van der Waals surface area contributed by atoms with E-state index in [0.29, 0.717) is 5.16 Å². The van der Waals surface area contributed by atoms with Gasteiger partial charge in [0, 0.05) is 28.0 Å². The van der Waals surface area contributed by atoms with Gasteiger partial charge in [0.15, 0.2) is 5.16 Å². The maximum Gasteiger partial charge on any atom is 0.246 e. The van der Waals surface area contributed by atoms with Crippen LogP contribution in [0.5, 0.6) is 0 Å². The fourth-order valence-electron chi connectivity index (χ4n) is 2.17. The SMILES string of the molecule is CNC1C(=O)Nc2cc(Sc3nccc(C)n3)ccc21. The van der Waals surface area contributed by atoms with Gasteiger partial charge in [0.1, 0.15) is 6.04 Å². The van der Waals surface area contributed by atoms with E-state index in [0.717, 1.165) is 21.8 Å². The Balaban J connectivity index is 1.87. The highest BCUT2D eigenvalue weighted by atomic mass is 32.2. The maximum absolute atomic E-state index is 11.8. The van der Waals surface area contributed by atoms with Gasteiger partial charge in [-0.3, -0.25) is 4.79 Å². The van der Waals surface area contributed by atoms with Crippen molar-refractivity contribution in [3.05, 3.63) is 41.7 Å². The molecule has 6 heteroatoms. The van der Waals surface area contributed by atoms with Crippen molar-refractivity contribution in [1.82, 2.24) is 15.3 Å². The van der Waals surface area contributed by atoms with Gasteiger partial charge in [0.25, 0.3) is 0 Å². The third-order valence-corrected chi connectivity index (χ3v) is 4.00. The van der Waals surface area contributed by atoms with E-state index in [2.05, 4.69) is 20.6 Å². The molecule has 1 atom stereocenters. The highest BCUT2D eigenvalue weighted by Gasteiger charge is 2.29. The number of anilines is 1. The van der Waals surface area contributed by atoms with Crippen LogP contribution < -0.4 is 10.6 Å². The zero-order chi connectivity index (χ0) is 14.1. The second-order valence-electron chi connectivity index (χ2n) is 4.54. The number of aromatic nitrogens is 2. The van der Waals surface area contributed by atoms with Crippen LogP contribution in [0.3, 0.4) is 0 Å². The minimum atomic E-state index is -0.265. The van der Waals surface area contributed by atoms with Crippen LogP contribution in [-0.2, 0) is 4.79 Å². The first-order valence-corrected chi connectivity index (χ1v) is 7.08. The Labute approximate surface area is 121 Å². The summed E-state index contributed by atoms with van der Waals surface area (Å²) in [5.41, 5.74) is 2.77. The predicted molar refractivity (Wildman–Crippen MR) is 77.8 cm³/mol. The molecule has 102 valence electrons. The third kappa shape index (κ3) is 2.39. The molecule has 0 fully saturated rings. The van der Waals surface area contributed by atoms with Gasteiger partial charge in [-0.2, -0.15) is 0 Å². The summed E-state index contributed by atoms with van der Waals surface area (Å²) in [6.07, 6.45) is 1.75. The van der Waals surface area contributed by atoms with Crippen LogP contribution >= 0.6 is 11.8 Å². The molecule has 1 aliphatic heterocycles. The molecule has 1 amide bonds. The highest BCUT2D eigenvalue weighted by molar-refractivity contribution is 7.99. The van der Waals surface area contributed by atoms with E-state index in [-0.39, 0.29) is 11.9 Å². The first kappa shape index (κ1) is 13.1. The number of nitrogens with zero attached hydrogens (tertiary/aromatic N) is 2. The number of hydrogen-bond acceptors (Lipinski definition) is 5. The Morgan fingerprint density at radius 2 is 2.20 bits per heavy atom. The van der Waals surface area contributed by atoms with Crippen LogP contribution in [0, 0.1) is 6.92 Å². The Bertz CT molecular complexity index is 674. The van der Waals surface area contributed by atoms with Crippen molar-refractivity contribution in [3.63, 3.8) is 0 Å². The molecule has 0 aliphatic carbocycles. The standard InChI is InChI=1S/C14H14N4OS/c1-8-5-6-16-14(17-8)20-9-3-4-10-11(7-9)18-13(19)12(10)15-2/h3-7,12,15H,1-2H3,(H,18,19). The topological polar surface area (TPSA) is 66.9 Å². The molecule has 2 aromatic rings. The molecule has 2 heterocycles. The van der Waals surface area contributed by atoms with Gasteiger partial charge >= 0.3 is 0 Å². The fourth-order valence-corrected chi connectivity index (χ4v) is 3.00. The van der Waals surface area contributed by atoms with Gasteiger partial charge in [0.05, 0.1) is 0 Å². The maximum atomic E-state index is 11.8. The van der Waals surface area contributed by atoms with Crippen molar-refractivity contribution in [2.75, 3.05) is 12.4 Å². The minimum absolute atomic E-state index is 0.0172. The smallest absolute Gasteiger partial charge is 0.246 e. The lowest BCUT2D eigenvalue weighted by atomic mass is 10.1. The monoisotopic (exact) mass is 286 g/mol. The van der Waals surface area contributed by atoms with Gasteiger partial charge in [-0.25, -0.2) is 9.97 Å². The molecule has 3 rings (SSSR count). The minimum Gasteiger partial charge on any atom is -0.324 e. The van der Waals surface area contributed by atoms with Gasteiger partial charge in [-0.05, 0) is 43.9 Å². The molecule has 0 saturated carbocycles. The number of aryl methyl sites for hydroxylation is 1. The number of amides is 1. The first-order valence-electron chi connectivity index (χ1n) is 6.27. The van der Waals surface area contributed by atoms with Crippen molar-refractivity contribution in [1.29, 1.82) is 0 Å². The number of likely N-dealkylation sites (N-methyl/N-ethyl adjacent to an activating group) is 1. The van der Waals surface area contributed by atoms with Crippen molar-refractivity contribution in [3.8, 4) is 0 Å². The molecular formula is C14H14N4OS.